The quantitative estimate of drug-likeness (QED) is 0.798. The number of pyridine rings is 1. The Hall–Kier alpha value is -3.09. The molecule has 0 aliphatic heterocycles. The molecule has 26 heavy (non-hydrogen) atoms. The van der Waals surface area contributed by atoms with E-state index in [9.17, 15) is 15.3 Å². The molecule has 0 radical (unpaired) electrons. The van der Waals surface area contributed by atoms with Crippen molar-refractivity contribution < 1.29 is 0 Å². The average molecular weight is 349 g/mol. The summed E-state index contributed by atoms with van der Waals surface area (Å²) < 4.78 is 0. The van der Waals surface area contributed by atoms with Gasteiger partial charge in [0, 0.05) is 12.1 Å². The van der Waals surface area contributed by atoms with Gasteiger partial charge >= 0.3 is 0 Å². The van der Waals surface area contributed by atoms with E-state index >= 15 is 0 Å². The number of H-pyrrole nitrogens is 1. The zero-order valence-electron chi connectivity index (χ0n) is 15.2. The maximum atomic E-state index is 12.1. The predicted molar refractivity (Wildman–Crippen MR) is 102 cm³/mol. The number of nitrogen functional groups attached to an aromatic ring is 1. The number of nitriles is 2. The lowest BCUT2D eigenvalue weighted by atomic mass is 9.95. The molecule has 6 heteroatoms. The Morgan fingerprint density at radius 1 is 1.12 bits per heavy atom. The van der Waals surface area contributed by atoms with E-state index in [1.807, 2.05) is 30.3 Å². The molecule has 0 atom stereocenters. The number of aromatic nitrogens is 1. The Morgan fingerprint density at radius 3 is 2.35 bits per heavy atom. The maximum Gasteiger partial charge on any atom is 0.268 e. The lowest BCUT2D eigenvalue weighted by Crippen LogP contribution is -2.24. The highest BCUT2D eigenvalue weighted by molar-refractivity contribution is 5.80. The second kappa shape index (κ2) is 8.84. The lowest BCUT2D eigenvalue weighted by molar-refractivity contribution is 0.266. The second-order valence-electron chi connectivity index (χ2n) is 6.19. The number of rotatable bonds is 7. The molecule has 0 fully saturated rings. The van der Waals surface area contributed by atoms with E-state index in [0.717, 1.165) is 38.0 Å². The zero-order valence-corrected chi connectivity index (χ0v) is 15.2. The first-order valence-corrected chi connectivity index (χ1v) is 8.73. The van der Waals surface area contributed by atoms with E-state index in [1.54, 1.807) is 6.07 Å². The SMILES string of the molecule is CCCN(CCC)Cc1cccc(-c2c(C#N)c(N)[nH]c(=O)c2C#N)c1. The number of hydrogen-bond donors (Lipinski definition) is 2. The van der Waals surface area contributed by atoms with Gasteiger partial charge in [-0.25, -0.2) is 0 Å². The van der Waals surface area contributed by atoms with Gasteiger partial charge in [0.15, 0.2) is 0 Å². The van der Waals surface area contributed by atoms with Crippen molar-refractivity contribution >= 4 is 5.82 Å². The van der Waals surface area contributed by atoms with Crippen molar-refractivity contribution in [3.8, 4) is 23.3 Å². The lowest BCUT2D eigenvalue weighted by Gasteiger charge is -2.21. The van der Waals surface area contributed by atoms with Crippen molar-refractivity contribution in [2.24, 2.45) is 0 Å². The van der Waals surface area contributed by atoms with E-state index in [4.69, 9.17) is 5.73 Å². The Bertz CT molecular complexity index is 911. The van der Waals surface area contributed by atoms with Crippen molar-refractivity contribution in [1.82, 2.24) is 9.88 Å². The number of anilines is 1. The van der Waals surface area contributed by atoms with Crippen LogP contribution in [-0.4, -0.2) is 23.0 Å². The minimum absolute atomic E-state index is 0.0181. The molecule has 0 unspecified atom stereocenters. The van der Waals surface area contributed by atoms with Gasteiger partial charge in [-0.2, -0.15) is 10.5 Å². The summed E-state index contributed by atoms with van der Waals surface area (Å²) in [7, 11) is 0. The van der Waals surface area contributed by atoms with Crippen LogP contribution in [0.15, 0.2) is 29.1 Å². The van der Waals surface area contributed by atoms with Crippen molar-refractivity contribution in [1.29, 1.82) is 10.5 Å². The highest BCUT2D eigenvalue weighted by Crippen LogP contribution is 2.28. The molecule has 0 saturated carbocycles. The third-order valence-electron chi connectivity index (χ3n) is 4.17. The fourth-order valence-corrected chi connectivity index (χ4v) is 3.12. The van der Waals surface area contributed by atoms with Crippen LogP contribution >= 0.6 is 0 Å². The Kier molecular flexibility index (Phi) is 6.54. The Balaban J connectivity index is 2.53. The van der Waals surface area contributed by atoms with Crippen LogP contribution in [0.4, 0.5) is 5.82 Å². The molecule has 2 rings (SSSR count). The van der Waals surface area contributed by atoms with Crippen LogP contribution in [0.3, 0.4) is 0 Å². The van der Waals surface area contributed by atoms with Gasteiger partial charge in [-0.15, -0.1) is 0 Å². The summed E-state index contributed by atoms with van der Waals surface area (Å²) in [5, 5.41) is 18.9. The summed E-state index contributed by atoms with van der Waals surface area (Å²) in [6.45, 7) is 7.08. The molecule has 1 aromatic carbocycles. The van der Waals surface area contributed by atoms with Gasteiger partial charge < -0.3 is 10.7 Å². The summed E-state index contributed by atoms with van der Waals surface area (Å²) in [4.78, 5) is 16.8. The fraction of sp³-hybridized carbons (Fsp3) is 0.350. The van der Waals surface area contributed by atoms with Crippen LogP contribution in [0.5, 0.6) is 0 Å². The highest BCUT2D eigenvalue weighted by Gasteiger charge is 2.18. The topological polar surface area (TPSA) is 110 Å². The molecule has 0 aliphatic carbocycles. The van der Waals surface area contributed by atoms with Crippen molar-refractivity contribution in [3.63, 3.8) is 0 Å². The summed E-state index contributed by atoms with van der Waals surface area (Å²) in [5.41, 5.74) is 7.27. The first-order chi connectivity index (χ1) is 12.5. The minimum atomic E-state index is -0.581. The summed E-state index contributed by atoms with van der Waals surface area (Å²) >= 11 is 0. The number of nitrogens with zero attached hydrogens (tertiary/aromatic N) is 3. The van der Waals surface area contributed by atoms with E-state index in [-0.39, 0.29) is 16.9 Å². The largest absolute Gasteiger partial charge is 0.384 e. The number of nitrogens with one attached hydrogen (secondary N) is 1. The van der Waals surface area contributed by atoms with Crippen molar-refractivity contribution in [3.05, 3.63) is 51.3 Å². The Labute approximate surface area is 153 Å². The third kappa shape index (κ3) is 4.11. The van der Waals surface area contributed by atoms with E-state index in [0.29, 0.717) is 11.1 Å². The maximum absolute atomic E-state index is 12.1. The molecule has 6 nitrogen and oxygen atoms in total. The molecule has 134 valence electrons. The van der Waals surface area contributed by atoms with Gasteiger partial charge in [0.1, 0.15) is 29.1 Å². The van der Waals surface area contributed by atoms with Crippen LogP contribution in [0.1, 0.15) is 43.4 Å². The molecule has 1 heterocycles. The normalized spacial score (nSPS) is 10.5. The average Bonchev–Trinajstić information content (AvgIpc) is 2.62. The van der Waals surface area contributed by atoms with Gasteiger partial charge in [0.05, 0.1) is 0 Å². The van der Waals surface area contributed by atoms with Crippen molar-refractivity contribution in [2.45, 2.75) is 33.2 Å². The predicted octanol–water partition coefficient (Wildman–Crippen LogP) is 2.99. The van der Waals surface area contributed by atoms with Gasteiger partial charge in [-0.1, -0.05) is 32.0 Å². The highest BCUT2D eigenvalue weighted by atomic mass is 16.1. The van der Waals surface area contributed by atoms with Crippen LogP contribution in [0.25, 0.3) is 11.1 Å². The van der Waals surface area contributed by atoms with E-state index in [1.165, 1.54) is 0 Å². The summed E-state index contributed by atoms with van der Waals surface area (Å²) in [6.07, 6.45) is 2.14. The molecule has 0 spiro atoms. The van der Waals surface area contributed by atoms with Gasteiger partial charge in [-0.3, -0.25) is 9.69 Å². The molecule has 3 N–H and O–H groups in total. The molecular weight excluding hydrogens is 326 g/mol. The molecule has 1 aromatic heterocycles. The first-order valence-electron chi connectivity index (χ1n) is 8.73. The molecule has 0 amide bonds. The second-order valence-corrected chi connectivity index (χ2v) is 6.19. The van der Waals surface area contributed by atoms with Crippen LogP contribution < -0.4 is 11.3 Å². The van der Waals surface area contributed by atoms with Crippen LogP contribution in [0, 0.1) is 22.7 Å². The number of aromatic amines is 1. The third-order valence-corrected chi connectivity index (χ3v) is 4.17. The number of benzene rings is 1. The smallest absolute Gasteiger partial charge is 0.268 e. The van der Waals surface area contributed by atoms with Crippen molar-refractivity contribution in [2.75, 3.05) is 18.8 Å². The van der Waals surface area contributed by atoms with Gasteiger partial charge in [-0.05, 0) is 43.1 Å². The van der Waals surface area contributed by atoms with Crippen LogP contribution in [-0.2, 0) is 6.54 Å². The van der Waals surface area contributed by atoms with E-state index in [2.05, 4.69) is 23.7 Å². The summed E-state index contributed by atoms with van der Waals surface area (Å²) in [5.74, 6) is -0.0181. The monoisotopic (exact) mass is 349 g/mol. The molecule has 0 aliphatic rings. The first kappa shape index (κ1) is 19.2. The molecule has 0 bridgehead atoms. The van der Waals surface area contributed by atoms with Crippen LogP contribution in [0.2, 0.25) is 0 Å². The van der Waals surface area contributed by atoms with E-state index < -0.39 is 5.56 Å². The number of nitrogens with two attached hydrogens (primary N) is 1. The standard InChI is InChI=1S/C20H23N5O/c1-3-8-25(9-4-2)13-14-6-5-7-15(10-14)18-16(11-21)19(23)24-20(26)17(18)12-22/h5-7,10H,3-4,8-9,13H2,1-2H3,(H3,23,24,26). The number of hydrogen-bond acceptors (Lipinski definition) is 5. The molecular formula is C20H23N5O. The molecule has 2 aromatic rings. The molecule has 0 saturated heterocycles. The minimum Gasteiger partial charge on any atom is -0.384 e. The van der Waals surface area contributed by atoms with Gasteiger partial charge in [0.25, 0.3) is 5.56 Å². The fourth-order valence-electron chi connectivity index (χ4n) is 3.12. The zero-order chi connectivity index (χ0) is 19.1. The Morgan fingerprint density at radius 2 is 1.77 bits per heavy atom. The summed E-state index contributed by atoms with van der Waals surface area (Å²) in [6, 6.07) is 11.5. The van der Waals surface area contributed by atoms with Gasteiger partial charge in [0.2, 0.25) is 0 Å².